The van der Waals surface area contributed by atoms with Gasteiger partial charge in [-0.25, -0.2) is 12.4 Å². The van der Waals surface area contributed by atoms with E-state index in [2.05, 4.69) is 5.32 Å². The standard InChI is InChI=1S/C25H25ClN2O3S/c1-17-4-6-19(24(26)12-17)13-18-5-11-23-20(15-27-2)16-28(25(23)14-18)32(29,30)22-9-7-21(31-3)8-10-22/h4-12,14,16,27H,13,15H2,1-3H3. The Morgan fingerprint density at radius 3 is 2.41 bits per heavy atom. The van der Waals surface area contributed by atoms with Crippen molar-refractivity contribution in [3.05, 3.63) is 94.1 Å². The molecule has 1 aromatic heterocycles. The SMILES string of the molecule is CNCc1cn(S(=O)(=O)c2ccc(OC)cc2)c2cc(Cc3ccc(C)cc3Cl)ccc12. The van der Waals surface area contributed by atoms with Gasteiger partial charge in [-0.2, -0.15) is 0 Å². The maximum absolute atomic E-state index is 13.5. The molecule has 0 aliphatic carbocycles. The van der Waals surface area contributed by atoms with E-state index in [-0.39, 0.29) is 4.90 Å². The summed E-state index contributed by atoms with van der Waals surface area (Å²) in [7, 11) is -0.392. The second-order valence-electron chi connectivity index (χ2n) is 7.78. The number of hydrogen-bond acceptors (Lipinski definition) is 4. The zero-order valence-corrected chi connectivity index (χ0v) is 19.8. The van der Waals surface area contributed by atoms with Crippen LogP contribution in [-0.2, 0) is 23.0 Å². The maximum atomic E-state index is 13.5. The quantitative estimate of drug-likeness (QED) is 0.407. The lowest BCUT2D eigenvalue weighted by Gasteiger charge is -2.10. The van der Waals surface area contributed by atoms with Crippen molar-refractivity contribution < 1.29 is 13.2 Å². The van der Waals surface area contributed by atoms with E-state index in [1.807, 2.05) is 50.4 Å². The topological polar surface area (TPSA) is 60.3 Å². The van der Waals surface area contributed by atoms with Crippen LogP contribution in [0.1, 0.15) is 22.3 Å². The molecule has 0 amide bonds. The Bertz CT molecular complexity index is 1380. The average Bonchev–Trinajstić information content (AvgIpc) is 3.14. The van der Waals surface area contributed by atoms with Crippen LogP contribution in [0.4, 0.5) is 0 Å². The molecule has 5 nitrogen and oxygen atoms in total. The van der Waals surface area contributed by atoms with Gasteiger partial charge >= 0.3 is 0 Å². The molecule has 0 spiro atoms. The van der Waals surface area contributed by atoms with Crippen LogP contribution in [0.2, 0.25) is 5.02 Å². The van der Waals surface area contributed by atoms with Gasteiger partial charge in [0.15, 0.2) is 0 Å². The van der Waals surface area contributed by atoms with Crippen molar-refractivity contribution in [3.8, 4) is 5.75 Å². The Labute approximate surface area is 193 Å². The van der Waals surface area contributed by atoms with Crippen molar-refractivity contribution >= 4 is 32.5 Å². The molecule has 0 unspecified atom stereocenters. The smallest absolute Gasteiger partial charge is 0.268 e. The second-order valence-corrected chi connectivity index (χ2v) is 10.0. The van der Waals surface area contributed by atoms with E-state index in [9.17, 15) is 8.42 Å². The number of halogens is 1. The van der Waals surface area contributed by atoms with Gasteiger partial charge in [-0.3, -0.25) is 0 Å². The highest BCUT2D eigenvalue weighted by molar-refractivity contribution is 7.90. The first-order chi connectivity index (χ1) is 15.3. The number of benzene rings is 3. The summed E-state index contributed by atoms with van der Waals surface area (Å²) in [5.41, 5.74) is 4.66. The molecule has 0 atom stereocenters. The monoisotopic (exact) mass is 468 g/mol. The fourth-order valence-electron chi connectivity index (χ4n) is 3.83. The van der Waals surface area contributed by atoms with Gasteiger partial charge in [0.2, 0.25) is 0 Å². The average molecular weight is 469 g/mol. The Hall–Kier alpha value is -2.80. The molecule has 0 saturated heterocycles. The van der Waals surface area contributed by atoms with E-state index < -0.39 is 10.0 Å². The number of nitrogens with one attached hydrogen (secondary N) is 1. The summed E-state index contributed by atoms with van der Waals surface area (Å²) in [5, 5.41) is 4.73. The molecule has 0 bridgehead atoms. The molecule has 7 heteroatoms. The minimum absolute atomic E-state index is 0.207. The predicted molar refractivity (Wildman–Crippen MR) is 129 cm³/mol. The van der Waals surface area contributed by atoms with Crippen LogP contribution >= 0.6 is 11.6 Å². The van der Waals surface area contributed by atoms with Crippen molar-refractivity contribution in [2.45, 2.75) is 24.8 Å². The highest BCUT2D eigenvalue weighted by Crippen LogP contribution is 2.29. The summed E-state index contributed by atoms with van der Waals surface area (Å²) >= 11 is 6.43. The van der Waals surface area contributed by atoms with E-state index in [4.69, 9.17) is 16.3 Å². The zero-order chi connectivity index (χ0) is 22.9. The maximum Gasteiger partial charge on any atom is 0.268 e. The fourth-order valence-corrected chi connectivity index (χ4v) is 5.51. The van der Waals surface area contributed by atoms with Crippen LogP contribution in [0, 0.1) is 6.92 Å². The molecule has 1 N–H and O–H groups in total. The molecular formula is C25H25ClN2O3S. The minimum Gasteiger partial charge on any atom is -0.497 e. The number of ether oxygens (including phenoxy) is 1. The molecule has 0 aliphatic heterocycles. The summed E-state index contributed by atoms with van der Waals surface area (Å²) in [4.78, 5) is 0.207. The normalized spacial score (nSPS) is 11.8. The third-order valence-corrected chi connectivity index (χ3v) is 7.54. The molecule has 0 fully saturated rings. The lowest BCUT2D eigenvalue weighted by atomic mass is 10.0. The molecule has 0 radical (unpaired) electrons. The van der Waals surface area contributed by atoms with Gasteiger partial charge in [0, 0.05) is 23.2 Å². The van der Waals surface area contributed by atoms with Gasteiger partial charge in [0.05, 0.1) is 17.5 Å². The number of methoxy groups -OCH3 is 1. The van der Waals surface area contributed by atoms with Crippen LogP contribution < -0.4 is 10.1 Å². The van der Waals surface area contributed by atoms with Gasteiger partial charge in [0.1, 0.15) is 5.75 Å². The third-order valence-electron chi connectivity index (χ3n) is 5.51. The third kappa shape index (κ3) is 4.26. The van der Waals surface area contributed by atoms with Crippen LogP contribution in [-0.4, -0.2) is 26.5 Å². The predicted octanol–water partition coefficient (Wildman–Crippen LogP) is 5.16. The molecule has 4 aromatic rings. The summed E-state index contributed by atoms with van der Waals surface area (Å²) < 4.78 is 33.5. The summed E-state index contributed by atoms with van der Waals surface area (Å²) in [5.74, 6) is 0.606. The molecule has 1 heterocycles. The molecular weight excluding hydrogens is 444 g/mol. The second kappa shape index (κ2) is 8.98. The summed E-state index contributed by atoms with van der Waals surface area (Å²) in [6.07, 6.45) is 2.31. The van der Waals surface area contributed by atoms with Gasteiger partial charge in [-0.1, -0.05) is 35.9 Å². The fraction of sp³-hybridized carbons (Fsp3) is 0.200. The van der Waals surface area contributed by atoms with Crippen LogP contribution in [0.15, 0.2) is 71.8 Å². The number of nitrogens with zero attached hydrogens (tertiary/aromatic N) is 1. The first-order valence-electron chi connectivity index (χ1n) is 10.3. The van der Waals surface area contributed by atoms with E-state index in [1.54, 1.807) is 37.6 Å². The van der Waals surface area contributed by atoms with E-state index >= 15 is 0 Å². The Morgan fingerprint density at radius 2 is 1.75 bits per heavy atom. The highest BCUT2D eigenvalue weighted by Gasteiger charge is 2.21. The number of fused-ring (bicyclic) bond motifs is 1. The molecule has 0 aliphatic rings. The molecule has 3 aromatic carbocycles. The molecule has 4 rings (SSSR count). The molecule has 0 saturated carbocycles. The van der Waals surface area contributed by atoms with Gasteiger partial charge in [0.25, 0.3) is 10.0 Å². The van der Waals surface area contributed by atoms with Crippen molar-refractivity contribution in [2.24, 2.45) is 0 Å². The minimum atomic E-state index is -3.78. The van der Waals surface area contributed by atoms with Gasteiger partial charge in [-0.15, -0.1) is 0 Å². The largest absolute Gasteiger partial charge is 0.497 e. The summed E-state index contributed by atoms with van der Waals surface area (Å²) in [6, 6.07) is 18.4. The number of hydrogen-bond donors (Lipinski definition) is 1. The van der Waals surface area contributed by atoms with Crippen molar-refractivity contribution in [1.29, 1.82) is 0 Å². The number of aryl methyl sites for hydroxylation is 1. The van der Waals surface area contributed by atoms with Crippen molar-refractivity contribution in [2.75, 3.05) is 14.2 Å². The van der Waals surface area contributed by atoms with E-state index in [0.717, 1.165) is 27.6 Å². The molecule has 32 heavy (non-hydrogen) atoms. The lowest BCUT2D eigenvalue weighted by molar-refractivity contribution is 0.414. The number of rotatable bonds is 7. The van der Waals surface area contributed by atoms with Crippen molar-refractivity contribution in [3.63, 3.8) is 0 Å². The zero-order valence-electron chi connectivity index (χ0n) is 18.2. The van der Waals surface area contributed by atoms with Crippen LogP contribution in [0.25, 0.3) is 10.9 Å². The first-order valence-corrected chi connectivity index (χ1v) is 12.1. The molecule has 166 valence electrons. The Kier molecular flexibility index (Phi) is 6.29. The lowest BCUT2D eigenvalue weighted by Crippen LogP contribution is -2.12. The van der Waals surface area contributed by atoms with Crippen molar-refractivity contribution in [1.82, 2.24) is 9.29 Å². The Balaban J connectivity index is 1.82. The highest BCUT2D eigenvalue weighted by atomic mass is 35.5. The van der Waals surface area contributed by atoms with Gasteiger partial charge < -0.3 is 10.1 Å². The van der Waals surface area contributed by atoms with Crippen LogP contribution in [0.3, 0.4) is 0 Å². The van der Waals surface area contributed by atoms with E-state index in [1.165, 1.54) is 3.97 Å². The van der Waals surface area contributed by atoms with E-state index in [0.29, 0.717) is 29.3 Å². The summed E-state index contributed by atoms with van der Waals surface area (Å²) in [6.45, 7) is 2.56. The van der Waals surface area contributed by atoms with Gasteiger partial charge in [-0.05, 0) is 79.0 Å². The first kappa shape index (κ1) is 22.4. The Morgan fingerprint density at radius 1 is 1.00 bits per heavy atom. The van der Waals surface area contributed by atoms with Crippen LogP contribution in [0.5, 0.6) is 5.75 Å². The number of aromatic nitrogens is 1.